The Labute approximate surface area is 325 Å². The van der Waals surface area contributed by atoms with Gasteiger partial charge in [0.15, 0.2) is 0 Å². The van der Waals surface area contributed by atoms with Crippen molar-refractivity contribution >= 4 is 21.9 Å². The normalized spacial score (nSPS) is 13.1. The van der Waals surface area contributed by atoms with Crippen molar-refractivity contribution in [1.29, 1.82) is 0 Å². The largest absolute Gasteiger partial charge is 0.455 e. The zero-order chi connectivity index (χ0) is 36.8. The molecule has 0 radical (unpaired) electrons. The van der Waals surface area contributed by atoms with Gasteiger partial charge in [0.05, 0.1) is 11.1 Å². The molecule has 0 saturated heterocycles. The topological polar surface area (TPSA) is 26.0 Å². The Morgan fingerprint density at radius 1 is 0.375 bits per heavy atom. The minimum Gasteiger partial charge on any atom is -0.455 e. The Kier molecular flexibility index (Phi) is 6.58. The third-order valence-corrected chi connectivity index (χ3v) is 12.2. The molecule has 10 aromatic rings. The SMILES string of the molecule is c1ccc(-c2ccc(-c3ccc4c(c3)C3(c5ccccc5-c5ccccc53)c3cc(-c5ccc(-c6ccccn6)cc5)c5oc6ccccc6c5c3-4)cc2)cc1. The lowest BCUT2D eigenvalue weighted by Gasteiger charge is -2.31. The molecule has 2 aliphatic carbocycles. The van der Waals surface area contributed by atoms with E-state index in [9.17, 15) is 0 Å². The Morgan fingerprint density at radius 3 is 1.70 bits per heavy atom. The van der Waals surface area contributed by atoms with Gasteiger partial charge in [0.1, 0.15) is 11.2 Å². The van der Waals surface area contributed by atoms with Crippen LogP contribution in [0.25, 0.3) is 88.8 Å². The highest BCUT2D eigenvalue weighted by Crippen LogP contribution is 2.65. The van der Waals surface area contributed by atoms with Crippen LogP contribution in [0.3, 0.4) is 0 Å². The molecule has 12 rings (SSSR count). The quantitative estimate of drug-likeness (QED) is 0.182. The molecule has 260 valence electrons. The number of nitrogens with zero attached hydrogens (tertiary/aromatic N) is 1. The van der Waals surface area contributed by atoms with Crippen molar-refractivity contribution in [3.05, 3.63) is 223 Å². The number of fused-ring (bicyclic) bond motifs is 14. The van der Waals surface area contributed by atoms with E-state index in [2.05, 4.69) is 187 Å². The Bertz CT molecular complexity index is 3110. The fourth-order valence-corrected chi connectivity index (χ4v) is 9.74. The van der Waals surface area contributed by atoms with Crippen molar-refractivity contribution in [3.8, 4) is 66.9 Å². The zero-order valence-corrected chi connectivity index (χ0v) is 30.4. The van der Waals surface area contributed by atoms with Crippen molar-refractivity contribution in [3.63, 3.8) is 0 Å². The van der Waals surface area contributed by atoms with E-state index in [-0.39, 0.29) is 0 Å². The van der Waals surface area contributed by atoms with Crippen LogP contribution in [0.4, 0.5) is 0 Å². The van der Waals surface area contributed by atoms with Crippen LogP contribution in [0, 0.1) is 0 Å². The minimum atomic E-state index is -0.535. The molecule has 2 heteroatoms. The third kappa shape index (κ3) is 4.30. The van der Waals surface area contributed by atoms with E-state index in [0.717, 1.165) is 38.9 Å². The van der Waals surface area contributed by atoms with E-state index in [0.29, 0.717) is 0 Å². The summed E-state index contributed by atoms with van der Waals surface area (Å²) in [5.74, 6) is 0. The van der Waals surface area contributed by atoms with E-state index >= 15 is 0 Å². The van der Waals surface area contributed by atoms with Crippen molar-refractivity contribution in [2.45, 2.75) is 5.41 Å². The third-order valence-electron chi connectivity index (χ3n) is 12.2. The fraction of sp³-hybridized carbons (Fsp3) is 0.0185. The number of hydrogen-bond acceptors (Lipinski definition) is 2. The van der Waals surface area contributed by atoms with Crippen LogP contribution in [0.2, 0.25) is 0 Å². The highest BCUT2D eigenvalue weighted by molar-refractivity contribution is 6.19. The molecule has 2 heterocycles. The van der Waals surface area contributed by atoms with Crippen molar-refractivity contribution < 1.29 is 4.42 Å². The number of furan rings is 1. The van der Waals surface area contributed by atoms with E-state index in [1.165, 1.54) is 72.1 Å². The molecule has 0 bridgehead atoms. The van der Waals surface area contributed by atoms with Crippen molar-refractivity contribution in [1.82, 2.24) is 4.98 Å². The maximum absolute atomic E-state index is 6.91. The average Bonchev–Trinajstić information content (AvgIpc) is 3.91. The molecule has 0 amide bonds. The second-order valence-corrected chi connectivity index (χ2v) is 15.0. The predicted molar refractivity (Wildman–Crippen MR) is 230 cm³/mol. The molecule has 1 spiro atoms. The van der Waals surface area contributed by atoms with Gasteiger partial charge in [-0.2, -0.15) is 0 Å². The number of pyridine rings is 1. The molecule has 2 aliphatic rings. The second kappa shape index (κ2) is 11.9. The van der Waals surface area contributed by atoms with Gasteiger partial charge in [0, 0.05) is 28.1 Å². The lowest BCUT2D eigenvalue weighted by molar-refractivity contribution is 0.669. The lowest BCUT2D eigenvalue weighted by Crippen LogP contribution is -2.26. The van der Waals surface area contributed by atoms with Crippen LogP contribution < -0.4 is 0 Å². The summed E-state index contributed by atoms with van der Waals surface area (Å²) in [6, 6.07) is 70.7. The van der Waals surface area contributed by atoms with Crippen LogP contribution >= 0.6 is 0 Å². The number of hydrogen-bond donors (Lipinski definition) is 0. The van der Waals surface area contributed by atoms with Crippen LogP contribution in [0.15, 0.2) is 205 Å². The second-order valence-electron chi connectivity index (χ2n) is 15.0. The van der Waals surface area contributed by atoms with Gasteiger partial charge in [-0.15, -0.1) is 0 Å². The van der Waals surface area contributed by atoms with Gasteiger partial charge >= 0.3 is 0 Å². The minimum absolute atomic E-state index is 0.535. The van der Waals surface area contributed by atoms with Crippen LogP contribution in [0.1, 0.15) is 22.3 Å². The number of rotatable bonds is 4. The molecule has 8 aromatic carbocycles. The van der Waals surface area contributed by atoms with Gasteiger partial charge in [0.2, 0.25) is 0 Å². The Balaban J connectivity index is 1.16. The first-order valence-corrected chi connectivity index (χ1v) is 19.3. The van der Waals surface area contributed by atoms with E-state index in [4.69, 9.17) is 4.42 Å². The summed E-state index contributed by atoms with van der Waals surface area (Å²) >= 11 is 0. The zero-order valence-electron chi connectivity index (χ0n) is 30.4. The molecular formula is C54H33NO. The summed E-state index contributed by atoms with van der Waals surface area (Å²) in [6.07, 6.45) is 1.85. The highest BCUT2D eigenvalue weighted by atomic mass is 16.3. The summed E-state index contributed by atoms with van der Waals surface area (Å²) in [4.78, 5) is 4.62. The fourth-order valence-electron chi connectivity index (χ4n) is 9.74. The van der Waals surface area contributed by atoms with Gasteiger partial charge in [-0.05, 0) is 103 Å². The summed E-state index contributed by atoms with van der Waals surface area (Å²) in [7, 11) is 0. The Hall–Kier alpha value is -7.29. The Morgan fingerprint density at radius 2 is 0.964 bits per heavy atom. The summed E-state index contributed by atoms with van der Waals surface area (Å²) in [6.45, 7) is 0. The van der Waals surface area contributed by atoms with Crippen LogP contribution in [-0.4, -0.2) is 4.98 Å². The first kappa shape index (κ1) is 31.1. The number of para-hydroxylation sites is 1. The summed E-state index contributed by atoms with van der Waals surface area (Å²) in [5, 5.41) is 2.30. The van der Waals surface area contributed by atoms with Crippen molar-refractivity contribution in [2.24, 2.45) is 0 Å². The van der Waals surface area contributed by atoms with E-state index in [1.54, 1.807) is 0 Å². The first-order valence-electron chi connectivity index (χ1n) is 19.3. The maximum Gasteiger partial charge on any atom is 0.143 e. The van der Waals surface area contributed by atoms with Gasteiger partial charge in [0.25, 0.3) is 0 Å². The number of aromatic nitrogens is 1. The maximum atomic E-state index is 6.91. The van der Waals surface area contributed by atoms with Crippen LogP contribution in [0.5, 0.6) is 0 Å². The van der Waals surface area contributed by atoms with Crippen molar-refractivity contribution in [2.75, 3.05) is 0 Å². The first-order chi connectivity index (χ1) is 27.8. The monoisotopic (exact) mass is 711 g/mol. The summed E-state index contributed by atoms with van der Waals surface area (Å²) in [5.41, 5.74) is 20.7. The van der Waals surface area contributed by atoms with Gasteiger partial charge in [-0.1, -0.05) is 164 Å². The molecule has 0 N–H and O–H groups in total. The smallest absolute Gasteiger partial charge is 0.143 e. The van der Waals surface area contributed by atoms with Gasteiger partial charge < -0.3 is 4.42 Å². The molecule has 0 atom stereocenters. The molecular weight excluding hydrogens is 679 g/mol. The van der Waals surface area contributed by atoms with E-state index in [1.807, 2.05) is 18.3 Å². The van der Waals surface area contributed by atoms with Gasteiger partial charge in [-0.25, -0.2) is 0 Å². The lowest BCUT2D eigenvalue weighted by atomic mass is 9.69. The standard InChI is InChI=1S/C54H33NO/c1-2-12-34(13-3-1)35-21-23-36(24-22-35)39-29-30-42-47(32-39)54(45-17-7-4-14-40(45)41-15-5-8-18-46(41)54)48-33-44(37-25-27-38(28-26-37)49-19-10-11-31-55-49)53-52(51(42)48)43-16-6-9-20-50(43)56-53/h1-33H. The highest BCUT2D eigenvalue weighted by Gasteiger charge is 2.52. The van der Waals surface area contributed by atoms with Crippen LogP contribution in [-0.2, 0) is 5.41 Å². The van der Waals surface area contributed by atoms with E-state index < -0.39 is 5.41 Å². The molecule has 2 aromatic heterocycles. The average molecular weight is 712 g/mol. The molecule has 0 unspecified atom stereocenters. The molecule has 2 nitrogen and oxygen atoms in total. The molecule has 0 aliphatic heterocycles. The number of benzene rings is 8. The molecule has 0 saturated carbocycles. The molecule has 56 heavy (non-hydrogen) atoms. The van der Waals surface area contributed by atoms with Gasteiger partial charge in [-0.3, -0.25) is 4.98 Å². The predicted octanol–water partition coefficient (Wildman–Crippen LogP) is 14.0. The summed E-state index contributed by atoms with van der Waals surface area (Å²) < 4.78 is 6.91. The molecule has 0 fully saturated rings.